The van der Waals surface area contributed by atoms with E-state index >= 15 is 0 Å². The number of primary amides is 1. The number of nitrogens with one attached hydrogen (secondary N) is 1. The predicted octanol–water partition coefficient (Wildman–Crippen LogP) is 1.17. The second-order valence-corrected chi connectivity index (χ2v) is 6.06. The maximum absolute atomic E-state index is 12.1. The van der Waals surface area contributed by atoms with Crippen LogP contribution in [0.4, 0.5) is 10.7 Å². The number of nitrogen functional groups attached to an aromatic ring is 1. The molecule has 1 saturated carbocycles. The highest BCUT2D eigenvalue weighted by Crippen LogP contribution is 2.38. The number of hydrogen-bond acceptors (Lipinski definition) is 5. The second-order valence-electron chi connectivity index (χ2n) is 5.06. The first-order valence-electron chi connectivity index (χ1n) is 6.69. The molecule has 1 aliphatic rings. The van der Waals surface area contributed by atoms with Crippen molar-refractivity contribution in [2.75, 3.05) is 24.2 Å². The third-order valence-electron chi connectivity index (χ3n) is 3.20. The molecule has 5 N–H and O–H groups in total. The number of nitrogens with zero attached hydrogens (tertiary/aromatic N) is 1. The standard InChI is InChI=1S/C13H20N4O2S/c1-3-6-17(2)13-8(11(15)18)9(14)10(20-13)12(19)16-7-4-5-7/h7H,3-6,14H2,1-2H3,(H2,15,18)(H,16,19). The van der Waals surface area contributed by atoms with Crippen molar-refractivity contribution < 1.29 is 9.59 Å². The third-order valence-corrected chi connectivity index (χ3v) is 4.52. The summed E-state index contributed by atoms with van der Waals surface area (Å²) < 4.78 is 0. The van der Waals surface area contributed by atoms with Crippen LogP contribution in [0.2, 0.25) is 0 Å². The number of nitrogens with two attached hydrogens (primary N) is 2. The van der Waals surface area contributed by atoms with Crippen LogP contribution in [0.15, 0.2) is 0 Å². The molecule has 7 heteroatoms. The molecule has 20 heavy (non-hydrogen) atoms. The number of rotatable bonds is 6. The van der Waals surface area contributed by atoms with Crippen LogP contribution in [0.3, 0.4) is 0 Å². The Morgan fingerprint density at radius 2 is 2.10 bits per heavy atom. The molecule has 0 unspecified atom stereocenters. The molecule has 110 valence electrons. The molecule has 6 nitrogen and oxygen atoms in total. The molecule has 0 aromatic carbocycles. The van der Waals surface area contributed by atoms with E-state index in [1.54, 1.807) is 0 Å². The molecule has 2 amide bonds. The summed E-state index contributed by atoms with van der Waals surface area (Å²) in [7, 11) is 1.86. The lowest BCUT2D eigenvalue weighted by Gasteiger charge is -2.17. The summed E-state index contributed by atoms with van der Waals surface area (Å²) in [4.78, 5) is 26.0. The molecule has 1 fully saturated rings. The van der Waals surface area contributed by atoms with Gasteiger partial charge in [-0.2, -0.15) is 0 Å². The lowest BCUT2D eigenvalue weighted by molar-refractivity contribution is 0.0955. The maximum atomic E-state index is 12.1. The lowest BCUT2D eigenvalue weighted by Crippen LogP contribution is -2.25. The largest absolute Gasteiger partial charge is 0.397 e. The molecule has 0 radical (unpaired) electrons. The Kier molecular flexibility index (Phi) is 4.17. The monoisotopic (exact) mass is 296 g/mol. The second kappa shape index (κ2) is 5.70. The summed E-state index contributed by atoms with van der Waals surface area (Å²) in [5.74, 6) is -0.809. The van der Waals surface area contributed by atoms with Crippen molar-refractivity contribution >= 4 is 33.8 Å². The normalized spacial score (nSPS) is 14.1. The van der Waals surface area contributed by atoms with Gasteiger partial charge in [-0.05, 0) is 19.3 Å². The van der Waals surface area contributed by atoms with Gasteiger partial charge >= 0.3 is 0 Å². The molecule has 0 spiro atoms. The van der Waals surface area contributed by atoms with E-state index in [4.69, 9.17) is 11.5 Å². The van der Waals surface area contributed by atoms with Gasteiger partial charge in [-0.15, -0.1) is 11.3 Å². The molecular formula is C13H20N4O2S. The molecular weight excluding hydrogens is 276 g/mol. The van der Waals surface area contributed by atoms with Gasteiger partial charge in [-0.1, -0.05) is 6.92 Å². The summed E-state index contributed by atoms with van der Waals surface area (Å²) in [6.07, 6.45) is 2.93. The summed E-state index contributed by atoms with van der Waals surface area (Å²) in [5.41, 5.74) is 11.8. The first-order chi connectivity index (χ1) is 9.45. The van der Waals surface area contributed by atoms with Crippen molar-refractivity contribution in [2.45, 2.75) is 32.2 Å². The summed E-state index contributed by atoms with van der Waals surface area (Å²) in [6, 6.07) is 0.248. The molecule has 1 aliphatic carbocycles. The zero-order chi connectivity index (χ0) is 14.9. The minimum atomic E-state index is -0.595. The quantitative estimate of drug-likeness (QED) is 0.733. The number of thiophene rings is 1. The maximum Gasteiger partial charge on any atom is 0.263 e. The molecule has 0 aliphatic heterocycles. The summed E-state index contributed by atoms with van der Waals surface area (Å²) in [6.45, 7) is 2.81. The van der Waals surface area contributed by atoms with Crippen LogP contribution in [-0.4, -0.2) is 31.4 Å². The van der Waals surface area contributed by atoms with Gasteiger partial charge in [-0.3, -0.25) is 9.59 Å². The minimum absolute atomic E-state index is 0.193. The van der Waals surface area contributed by atoms with Gasteiger partial charge in [0.25, 0.3) is 11.8 Å². The number of anilines is 2. The topological polar surface area (TPSA) is 101 Å². The highest BCUT2D eigenvalue weighted by atomic mass is 32.1. The fourth-order valence-electron chi connectivity index (χ4n) is 2.02. The molecule has 2 rings (SSSR count). The highest BCUT2D eigenvalue weighted by molar-refractivity contribution is 7.19. The van der Waals surface area contributed by atoms with E-state index in [9.17, 15) is 9.59 Å². The molecule has 0 bridgehead atoms. The van der Waals surface area contributed by atoms with E-state index in [2.05, 4.69) is 5.32 Å². The van der Waals surface area contributed by atoms with Crippen LogP contribution in [0, 0.1) is 0 Å². The van der Waals surface area contributed by atoms with Crippen molar-refractivity contribution in [3.63, 3.8) is 0 Å². The fraction of sp³-hybridized carbons (Fsp3) is 0.538. The van der Waals surface area contributed by atoms with Gasteiger partial charge in [0.1, 0.15) is 9.88 Å². The molecule has 1 heterocycles. The van der Waals surface area contributed by atoms with Crippen molar-refractivity contribution in [1.82, 2.24) is 5.32 Å². The summed E-state index contributed by atoms with van der Waals surface area (Å²) >= 11 is 1.23. The number of amides is 2. The summed E-state index contributed by atoms with van der Waals surface area (Å²) in [5, 5.41) is 3.55. The Labute approximate surface area is 122 Å². The highest BCUT2D eigenvalue weighted by Gasteiger charge is 2.29. The van der Waals surface area contributed by atoms with Crippen LogP contribution >= 0.6 is 11.3 Å². The number of carbonyl (C=O) groups is 2. The van der Waals surface area contributed by atoms with E-state index in [1.165, 1.54) is 11.3 Å². The van der Waals surface area contributed by atoms with Crippen molar-refractivity contribution in [1.29, 1.82) is 0 Å². The number of hydrogen-bond donors (Lipinski definition) is 3. The van der Waals surface area contributed by atoms with Gasteiger partial charge in [-0.25, -0.2) is 0 Å². The van der Waals surface area contributed by atoms with E-state index in [0.717, 1.165) is 25.8 Å². The van der Waals surface area contributed by atoms with E-state index in [1.807, 2.05) is 18.9 Å². The predicted molar refractivity (Wildman–Crippen MR) is 81.3 cm³/mol. The SMILES string of the molecule is CCCN(C)c1sc(C(=O)NC2CC2)c(N)c1C(N)=O. The third kappa shape index (κ3) is 2.87. The van der Waals surface area contributed by atoms with E-state index in [-0.39, 0.29) is 23.2 Å². The van der Waals surface area contributed by atoms with Gasteiger partial charge in [0.05, 0.1) is 11.3 Å². The van der Waals surface area contributed by atoms with E-state index in [0.29, 0.717) is 9.88 Å². The Morgan fingerprint density at radius 3 is 2.60 bits per heavy atom. The molecule has 1 aromatic rings. The van der Waals surface area contributed by atoms with Crippen molar-refractivity contribution in [3.8, 4) is 0 Å². The van der Waals surface area contributed by atoms with Crippen LogP contribution in [-0.2, 0) is 0 Å². The van der Waals surface area contributed by atoms with Gasteiger partial charge in [0, 0.05) is 19.6 Å². The lowest BCUT2D eigenvalue weighted by atomic mass is 10.2. The smallest absolute Gasteiger partial charge is 0.263 e. The Hall–Kier alpha value is -1.76. The Morgan fingerprint density at radius 1 is 1.45 bits per heavy atom. The fourth-order valence-corrected chi connectivity index (χ4v) is 3.14. The van der Waals surface area contributed by atoms with Crippen molar-refractivity contribution in [3.05, 3.63) is 10.4 Å². The Balaban J connectivity index is 2.35. The first-order valence-corrected chi connectivity index (χ1v) is 7.51. The minimum Gasteiger partial charge on any atom is -0.397 e. The van der Waals surface area contributed by atoms with E-state index < -0.39 is 5.91 Å². The van der Waals surface area contributed by atoms with Crippen molar-refractivity contribution in [2.24, 2.45) is 5.73 Å². The van der Waals surface area contributed by atoms with Gasteiger partial charge < -0.3 is 21.7 Å². The molecule has 0 atom stereocenters. The zero-order valence-electron chi connectivity index (χ0n) is 11.7. The van der Waals surface area contributed by atoms with Gasteiger partial charge in [0.15, 0.2) is 0 Å². The Bertz CT molecular complexity index is 537. The first kappa shape index (κ1) is 14.6. The molecule has 1 aromatic heterocycles. The number of carbonyl (C=O) groups excluding carboxylic acids is 2. The average Bonchev–Trinajstić information content (AvgIpc) is 3.10. The zero-order valence-corrected chi connectivity index (χ0v) is 12.5. The van der Waals surface area contributed by atoms with Crippen LogP contribution in [0.1, 0.15) is 46.2 Å². The van der Waals surface area contributed by atoms with Gasteiger partial charge in [0.2, 0.25) is 0 Å². The average molecular weight is 296 g/mol. The van der Waals surface area contributed by atoms with Crippen LogP contribution in [0.5, 0.6) is 0 Å². The van der Waals surface area contributed by atoms with Crippen LogP contribution in [0.25, 0.3) is 0 Å². The van der Waals surface area contributed by atoms with Crippen LogP contribution < -0.4 is 21.7 Å². The molecule has 0 saturated heterocycles.